The van der Waals surface area contributed by atoms with E-state index in [2.05, 4.69) is 9.72 Å². The zero-order chi connectivity index (χ0) is 15.8. The van der Waals surface area contributed by atoms with Crippen molar-refractivity contribution >= 4 is 16.9 Å². The molecule has 0 N–H and O–H groups in total. The van der Waals surface area contributed by atoms with Gasteiger partial charge in [-0.05, 0) is 38.1 Å². The lowest BCUT2D eigenvalue weighted by Crippen LogP contribution is -2.37. The SMILES string of the molecule is COC(=O)c1ccc2nc(C(C)(C)C(F)(F)F)ccc2c1. The van der Waals surface area contributed by atoms with Crippen LogP contribution in [-0.4, -0.2) is 24.2 Å². The average molecular weight is 297 g/mol. The highest BCUT2D eigenvalue weighted by atomic mass is 19.4. The number of pyridine rings is 1. The largest absolute Gasteiger partial charge is 0.465 e. The van der Waals surface area contributed by atoms with E-state index in [0.717, 1.165) is 13.8 Å². The maximum absolute atomic E-state index is 13.0. The number of rotatable bonds is 2. The Balaban J connectivity index is 2.51. The Morgan fingerprint density at radius 1 is 1.14 bits per heavy atom. The van der Waals surface area contributed by atoms with Gasteiger partial charge in [0.1, 0.15) is 5.41 Å². The van der Waals surface area contributed by atoms with Crippen LogP contribution in [0.25, 0.3) is 10.9 Å². The summed E-state index contributed by atoms with van der Waals surface area (Å²) in [5.74, 6) is -0.503. The van der Waals surface area contributed by atoms with Crippen molar-refractivity contribution in [1.29, 1.82) is 0 Å². The highest BCUT2D eigenvalue weighted by Gasteiger charge is 2.49. The minimum atomic E-state index is -4.39. The van der Waals surface area contributed by atoms with Crippen LogP contribution in [0.4, 0.5) is 13.2 Å². The summed E-state index contributed by atoms with van der Waals surface area (Å²) in [6.45, 7) is 2.17. The minimum Gasteiger partial charge on any atom is -0.465 e. The highest BCUT2D eigenvalue weighted by molar-refractivity contribution is 5.94. The van der Waals surface area contributed by atoms with E-state index in [-0.39, 0.29) is 5.69 Å². The topological polar surface area (TPSA) is 39.2 Å². The lowest BCUT2D eigenvalue weighted by atomic mass is 9.87. The van der Waals surface area contributed by atoms with Gasteiger partial charge >= 0.3 is 12.1 Å². The van der Waals surface area contributed by atoms with Crippen molar-refractivity contribution in [1.82, 2.24) is 4.98 Å². The van der Waals surface area contributed by atoms with Crippen LogP contribution in [0.2, 0.25) is 0 Å². The van der Waals surface area contributed by atoms with E-state index < -0.39 is 17.6 Å². The van der Waals surface area contributed by atoms with Crippen molar-refractivity contribution in [3.8, 4) is 0 Å². The molecule has 0 radical (unpaired) electrons. The van der Waals surface area contributed by atoms with Crippen molar-refractivity contribution in [3.05, 3.63) is 41.6 Å². The first-order valence-electron chi connectivity index (χ1n) is 6.23. The summed E-state index contributed by atoms with van der Waals surface area (Å²) in [5.41, 5.74) is -1.37. The van der Waals surface area contributed by atoms with E-state index >= 15 is 0 Å². The fourth-order valence-electron chi connectivity index (χ4n) is 1.86. The van der Waals surface area contributed by atoms with Crippen molar-refractivity contribution in [2.24, 2.45) is 0 Å². The molecule has 0 spiro atoms. The van der Waals surface area contributed by atoms with E-state index in [1.807, 2.05) is 0 Å². The molecule has 0 aliphatic carbocycles. The Morgan fingerprint density at radius 3 is 2.38 bits per heavy atom. The van der Waals surface area contributed by atoms with Gasteiger partial charge in [-0.15, -0.1) is 0 Å². The molecule has 0 unspecified atom stereocenters. The Hall–Kier alpha value is -2.11. The van der Waals surface area contributed by atoms with Gasteiger partial charge in [-0.3, -0.25) is 4.98 Å². The summed E-state index contributed by atoms with van der Waals surface area (Å²) in [7, 11) is 1.26. The normalized spacial score (nSPS) is 12.5. The van der Waals surface area contributed by atoms with Gasteiger partial charge in [-0.25, -0.2) is 4.79 Å². The maximum atomic E-state index is 13.0. The zero-order valence-electron chi connectivity index (χ0n) is 11.8. The lowest BCUT2D eigenvalue weighted by molar-refractivity contribution is -0.181. The Bertz CT molecular complexity index is 693. The molecular weight excluding hydrogens is 283 g/mol. The van der Waals surface area contributed by atoms with Crippen LogP contribution in [0, 0.1) is 0 Å². The summed E-state index contributed by atoms with van der Waals surface area (Å²) in [5, 5.41) is 0.583. The second kappa shape index (κ2) is 5.02. The molecule has 1 aromatic carbocycles. The van der Waals surface area contributed by atoms with E-state index in [4.69, 9.17) is 0 Å². The van der Waals surface area contributed by atoms with Crippen LogP contribution >= 0.6 is 0 Å². The minimum absolute atomic E-state index is 0.0617. The molecule has 0 fully saturated rings. The number of fused-ring (bicyclic) bond motifs is 1. The van der Waals surface area contributed by atoms with Crippen molar-refractivity contribution in [2.75, 3.05) is 7.11 Å². The van der Waals surface area contributed by atoms with Crippen LogP contribution < -0.4 is 0 Å². The number of methoxy groups -OCH3 is 1. The number of hydrogen-bond acceptors (Lipinski definition) is 3. The third-order valence-corrected chi connectivity index (χ3v) is 3.46. The molecule has 0 amide bonds. The van der Waals surface area contributed by atoms with Gasteiger partial charge in [-0.2, -0.15) is 13.2 Å². The van der Waals surface area contributed by atoms with Crippen LogP contribution in [0.15, 0.2) is 30.3 Å². The number of alkyl halides is 3. The van der Waals surface area contributed by atoms with Gasteiger partial charge in [0, 0.05) is 5.39 Å². The van der Waals surface area contributed by atoms with Gasteiger partial charge in [0.15, 0.2) is 0 Å². The first-order valence-corrected chi connectivity index (χ1v) is 6.23. The second-order valence-corrected chi connectivity index (χ2v) is 5.22. The van der Waals surface area contributed by atoms with Crippen molar-refractivity contribution in [3.63, 3.8) is 0 Å². The standard InChI is InChI=1S/C15H14F3NO2/c1-14(2,15(16,17)18)12-7-5-9-8-10(13(20)21-3)4-6-11(9)19-12/h4-8H,1-3H3. The van der Waals surface area contributed by atoms with Gasteiger partial charge < -0.3 is 4.74 Å². The first kappa shape index (κ1) is 15.3. The molecular formula is C15H14F3NO2. The molecule has 1 aromatic heterocycles. The summed E-state index contributed by atoms with van der Waals surface area (Å²) in [4.78, 5) is 15.5. The summed E-state index contributed by atoms with van der Waals surface area (Å²) in [6.07, 6.45) is -4.39. The third-order valence-electron chi connectivity index (χ3n) is 3.46. The predicted molar refractivity (Wildman–Crippen MR) is 72.2 cm³/mol. The predicted octanol–water partition coefficient (Wildman–Crippen LogP) is 3.86. The van der Waals surface area contributed by atoms with E-state index in [1.165, 1.54) is 31.4 Å². The van der Waals surface area contributed by atoms with Gasteiger partial charge in [0.25, 0.3) is 0 Å². The number of benzene rings is 1. The molecule has 0 saturated carbocycles. The number of ether oxygens (including phenoxy) is 1. The summed E-state index contributed by atoms with van der Waals surface area (Å²) < 4.78 is 43.7. The number of esters is 1. The van der Waals surface area contributed by atoms with Crippen molar-refractivity contribution in [2.45, 2.75) is 25.4 Å². The Morgan fingerprint density at radius 2 is 1.81 bits per heavy atom. The Kier molecular flexibility index (Phi) is 3.65. The molecule has 0 bridgehead atoms. The van der Waals surface area contributed by atoms with Crippen LogP contribution in [-0.2, 0) is 10.2 Å². The number of carbonyl (C=O) groups is 1. The molecule has 0 aliphatic rings. The smallest absolute Gasteiger partial charge is 0.399 e. The quantitative estimate of drug-likeness (QED) is 0.790. The van der Waals surface area contributed by atoms with E-state index in [9.17, 15) is 18.0 Å². The van der Waals surface area contributed by atoms with Crippen LogP contribution in [0.5, 0.6) is 0 Å². The number of halogens is 3. The molecule has 6 heteroatoms. The van der Waals surface area contributed by atoms with Crippen molar-refractivity contribution < 1.29 is 22.7 Å². The Labute approximate surface area is 119 Å². The second-order valence-electron chi connectivity index (χ2n) is 5.22. The van der Waals surface area contributed by atoms with Crippen LogP contribution in [0.3, 0.4) is 0 Å². The summed E-state index contributed by atoms with van der Waals surface area (Å²) in [6, 6.07) is 7.39. The van der Waals surface area contributed by atoms with Gasteiger partial charge in [0.05, 0.1) is 23.9 Å². The van der Waals surface area contributed by atoms with E-state index in [0.29, 0.717) is 16.5 Å². The van der Waals surface area contributed by atoms with E-state index in [1.54, 1.807) is 6.07 Å². The average Bonchev–Trinajstić information content (AvgIpc) is 2.44. The molecule has 2 rings (SSSR count). The molecule has 1 heterocycles. The monoisotopic (exact) mass is 297 g/mol. The molecule has 0 saturated heterocycles. The fraction of sp³-hybridized carbons (Fsp3) is 0.333. The van der Waals surface area contributed by atoms with Crippen LogP contribution in [0.1, 0.15) is 29.9 Å². The number of nitrogens with zero attached hydrogens (tertiary/aromatic N) is 1. The molecule has 2 aromatic rings. The highest BCUT2D eigenvalue weighted by Crippen LogP contribution is 2.39. The molecule has 3 nitrogen and oxygen atoms in total. The fourth-order valence-corrected chi connectivity index (χ4v) is 1.86. The lowest BCUT2D eigenvalue weighted by Gasteiger charge is -2.27. The molecule has 112 valence electrons. The molecule has 0 atom stereocenters. The zero-order valence-corrected chi connectivity index (χ0v) is 11.8. The molecule has 21 heavy (non-hydrogen) atoms. The van der Waals surface area contributed by atoms with Gasteiger partial charge in [-0.1, -0.05) is 6.07 Å². The van der Waals surface area contributed by atoms with Gasteiger partial charge in [0.2, 0.25) is 0 Å². The maximum Gasteiger partial charge on any atom is 0.399 e. The number of carbonyl (C=O) groups excluding carboxylic acids is 1. The third kappa shape index (κ3) is 2.70. The first-order chi connectivity index (χ1) is 9.66. The summed E-state index contributed by atoms with van der Waals surface area (Å²) >= 11 is 0. The number of hydrogen-bond donors (Lipinski definition) is 0. The molecule has 0 aliphatic heterocycles. The number of aromatic nitrogens is 1.